The Hall–Kier alpha value is -1.12. The summed E-state index contributed by atoms with van der Waals surface area (Å²) in [7, 11) is 0. The normalized spacial score (nSPS) is 18.4. The second-order valence-corrected chi connectivity index (χ2v) is 4.07. The predicted octanol–water partition coefficient (Wildman–Crippen LogP) is 2.58. The summed E-state index contributed by atoms with van der Waals surface area (Å²) >= 11 is 0. The van der Waals surface area contributed by atoms with Crippen molar-refractivity contribution in [1.29, 1.82) is 0 Å². The molecule has 0 atom stereocenters. The fourth-order valence-electron chi connectivity index (χ4n) is 2.32. The number of rotatable bonds is 2. The molecule has 14 heavy (non-hydrogen) atoms. The molecule has 1 fully saturated rings. The van der Waals surface area contributed by atoms with Gasteiger partial charge in [0.05, 0.1) is 0 Å². The first kappa shape index (κ1) is 9.44. The Morgan fingerprint density at radius 1 is 1.36 bits per heavy atom. The summed E-state index contributed by atoms with van der Waals surface area (Å²) in [6.45, 7) is 1.90. The van der Waals surface area contributed by atoms with Crippen LogP contribution in [0.15, 0.2) is 0 Å². The van der Waals surface area contributed by atoms with Gasteiger partial charge in [0.15, 0.2) is 6.29 Å². The van der Waals surface area contributed by atoms with Gasteiger partial charge in [0.2, 0.25) is 0 Å². The van der Waals surface area contributed by atoms with Crippen LogP contribution in [0.4, 0.5) is 0 Å². The van der Waals surface area contributed by atoms with Crippen LogP contribution in [0, 0.1) is 6.92 Å². The molecule has 0 amide bonds. The third kappa shape index (κ3) is 1.72. The van der Waals surface area contributed by atoms with Gasteiger partial charge >= 0.3 is 0 Å². The zero-order valence-corrected chi connectivity index (χ0v) is 8.55. The smallest absolute Gasteiger partial charge is 0.170 e. The van der Waals surface area contributed by atoms with E-state index in [2.05, 4.69) is 9.97 Å². The van der Waals surface area contributed by atoms with Gasteiger partial charge in [-0.2, -0.15) is 0 Å². The fourth-order valence-corrected chi connectivity index (χ4v) is 2.32. The minimum atomic E-state index is 0.533. The molecule has 0 unspecified atom stereocenters. The minimum absolute atomic E-state index is 0.533. The van der Waals surface area contributed by atoms with Crippen LogP contribution < -0.4 is 0 Å². The molecule has 0 aromatic carbocycles. The van der Waals surface area contributed by atoms with Gasteiger partial charge in [0, 0.05) is 11.6 Å². The van der Waals surface area contributed by atoms with Crippen LogP contribution in [0.3, 0.4) is 0 Å². The van der Waals surface area contributed by atoms with Gasteiger partial charge in [-0.1, -0.05) is 19.3 Å². The van der Waals surface area contributed by atoms with Crippen LogP contribution in [-0.2, 0) is 0 Å². The number of carbonyl (C=O) groups excluding carboxylic acids is 1. The highest BCUT2D eigenvalue weighted by Crippen LogP contribution is 2.32. The lowest BCUT2D eigenvalue weighted by atomic mass is 9.86. The van der Waals surface area contributed by atoms with Gasteiger partial charge in [-0.15, -0.1) is 0 Å². The van der Waals surface area contributed by atoms with Crippen LogP contribution >= 0.6 is 0 Å². The Balaban J connectivity index is 2.24. The SMILES string of the molecule is Cc1nc(C=O)c(C2CCCCC2)[nH]1. The van der Waals surface area contributed by atoms with E-state index in [1.165, 1.54) is 32.1 Å². The zero-order chi connectivity index (χ0) is 9.97. The molecule has 0 radical (unpaired) electrons. The summed E-state index contributed by atoms with van der Waals surface area (Å²) in [6, 6.07) is 0. The van der Waals surface area contributed by atoms with Crippen molar-refractivity contribution in [2.24, 2.45) is 0 Å². The topological polar surface area (TPSA) is 45.8 Å². The lowest BCUT2D eigenvalue weighted by molar-refractivity contribution is 0.111. The molecule has 3 heteroatoms. The molecular formula is C11H16N2O. The highest BCUT2D eigenvalue weighted by atomic mass is 16.1. The summed E-state index contributed by atoms with van der Waals surface area (Å²) in [5, 5.41) is 0. The Bertz CT molecular complexity index is 324. The molecule has 76 valence electrons. The first-order chi connectivity index (χ1) is 6.81. The maximum atomic E-state index is 10.8. The number of nitrogens with zero attached hydrogens (tertiary/aromatic N) is 1. The van der Waals surface area contributed by atoms with Crippen molar-refractivity contribution in [3.8, 4) is 0 Å². The van der Waals surface area contributed by atoms with Gasteiger partial charge in [0.25, 0.3) is 0 Å². The maximum Gasteiger partial charge on any atom is 0.170 e. The highest BCUT2D eigenvalue weighted by molar-refractivity contribution is 5.74. The monoisotopic (exact) mass is 192 g/mol. The highest BCUT2D eigenvalue weighted by Gasteiger charge is 2.20. The van der Waals surface area contributed by atoms with Crippen molar-refractivity contribution >= 4 is 6.29 Å². The standard InChI is InChI=1S/C11H16N2O/c1-8-12-10(7-14)11(13-8)9-5-3-2-4-6-9/h7,9H,2-6H2,1H3,(H,12,13). The quantitative estimate of drug-likeness (QED) is 0.732. The van der Waals surface area contributed by atoms with Crippen molar-refractivity contribution in [1.82, 2.24) is 9.97 Å². The molecule has 1 heterocycles. The maximum absolute atomic E-state index is 10.8. The van der Waals surface area contributed by atoms with Crippen LogP contribution in [0.5, 0.6) is 0 Å². The average molecular weight is 192 g/mol. The molecule has 1 aliphatic rings. The van der Waals surface area contributed by atoms with E-state index in [0.717, 1.165) is 17.8 Å². The number of H-pyrrole nitrogens is 1. The largest absolute Gasteiger partial charge is 0.345 e. The molecule has 0 bridgehead atoms. The molecule has 1 N–H and O–H groups in total. The number of aryl methyl sites for hydroxylation is 1. The van der Waals surface area contributed by atoms with Crippen molar-refractivity contribution in [3.05, 3.63) is 17.2 Å². The molecule has 0 aliphatic heterocycles. The molecule has 0 saturated heterocycles. The number of hydrogen-bond donors (Lipinski definition) is 1. The number of imidazole rings is 1. The van der Waals surface area contributed by atoms with Crippen molar-refractivity contribution in [3.63, 3.8) is 0 Å². The molecule has 1 aromatic heterocycles. The van der Waals surface area contributed by atoms with Gasteiger partial charge < -0.3 is 4.98 Å². The molecule has 1 saturated carbocycles. The van der Waals surface area contributed by atoms with Gasteiger partial charge in [0.1, 0.15) is 11.5 Å². The predicted molar refractivity (Wildman–Crippen MR) is 54.5 cm³/mol. The van der Waals surface area contributed by atoms with E-state index in [1.54, 1.807) is 0 Å². The number of aldehydes is 1. The Labute approximate surface area is 83.9 Å². The second-order valence-electron chi connectivity index (χ2n) is 4.07. The summed E-state index contributed by atoms with van der Waals surface area (Å²) in [6.07, 6.45) is 7.15. The van der Waals surface area contributed by atoms with Gasteiger partial charge in [-0.25, -0.2) is 4.98 Å². The second kappa shape index (κ2) is 3.95. The van der Waals surface area contributed by atoms with E-state index in [9.17, 15) is 4.79 Å². The summed E-state index contributed by atoms with van der Waals surface area (Å²) in [5.74, 6) is 1.39. The molecule has 1 aliphatic carbocycles. The lowest BCUT2D eigenvalue weighted by Crippen LogP contribution is -2.07. The van der Waals surface area contributed by atoms with Gasteiger partial charge in [-0.05, 0) is 19.8 Å². The van der Waals surface area contributed by atoms with Crippen LogP contribution in [-0.4, -0.2) is 16.3 Å². The molecule has 1 aromatic rings. The Kier molecular flexibility index (Phi) is 2.66. The number of carbonyl (C=O) groups is 1. The van der Waals surface area contributed by atoms with E-state index >= 15 is 0 Å². The van der Waals surface area contributed by atoms with Crippen LogP contribution in [0.25, 0.3) is 0 Å². The first-order valence-corrected chi connectivity index (χ1v) is 5.33. The fraction of sp³-hybridized carbons (Fsp3) is 0.636. The average Bonchev–Trinajstić information content (AvgIpc) is 2.61. The number of aromatic amines is 1. The van der Waals surface area contributed by atoms with Crippen LogP contribution in [0.2, 0.25) is 0 Å². The Morgan fingerprint density at radius 3 is 2.71 bits per heavy atom. The number of hydrogen-bond acceptors (Lipinski definition) is 2. The number of aromatic nitrogens is 2. The van der Waals surface area contributed by atoms with Crippen molar-refractivity contribution in [2.75, 3.05) is 0 Å². The van der Waals surface area contributed by atoms with E-state index in [4.69, 9.17) is 0 Å². The van der Waals surface area contributed by atoms with E-state index in [1.807, 2.05) is 6.92 Å². The third-order valence-electron chi connectivity index (χ3n) is 3.00. The molecule has 0 spiro atoms. The van der Waals surface area contributed by atoms with Crippen molar-refractivity contribution in [2.45, 2.75) is 44.9 Å². The summed E-state index contributed by atoms with van der Waals surface area (Å²) in [5.41, 5.74) is 1.69. The van der Waals surface area contributed by atoms with Crippen molar-refractivity contribution < 1.29 is 4.79 Å². The summed E-state index contributed by atoms with van der Waals surface area (Å²) < 4.78 is 0. The third-order valence-corrected chi connectivity index (χ3v) is 3.00. The first-order valence-electron chi connectivity index (χ1n) is 5.33. The molecule has 3 nitrogen and oxygen atoms in total. The van der Waals surface area contributed by atoms with E-state index in [0.29, 0.717) is 11.6 Å². The van der Waals surface area contributed by atoms with Crippen LogP contribution in [0.1, 0.15) is 60.0 Å². The summed E-state index contributed by atoms with van der Waals surface area (Å²) in [4.78, 5) is 18.2. The Morgan fingerprint density at radius 2 is 2.07 bits per heavy atom. The molecule has 2 rings (SSSR count). The zero-order valence-electron chi connectivity index (χ0n) is 8.55. The minimum Gasteiger partial charge on any atom is -0.345 e. The number of nitrogens with one attached hydrogen (secondary N) is 1. The van der Waals surface area contributed by atoms with E-state index in [-0.39, 0.29) is 0 Å². The van der Waals surface area contributed by atoms with E-state index < -0.39 is 0 Å². The molecular weight excluding hydrogens is 176 g/mol. The lowest BCUT2D eigenvalue weighted by Gasteiger charge is -2.20. The van der Waals surface area contributed by atoms with Gasteiger partial charge in [-0.3, -0.25) is 4.79 Å².